The van der Waals surface area contributed by atoms with Gasteiger partial charge in [-0.1, -0.05) is 6.92 Å². The van der Waals surface area contributed by atoms with E-state index in [-0.39, 0.29) is 0 Å². The van der Waals surface area contributed by atoms with Crippen molar-refractivity contribution in [2.75, 3.05) is 25.1 Å². The van der Waals surface area contributed by atoms with Crippen molar-refractivity contribution in [3.05, 3.63) is 18.2 Å². The number of nitrogens with one attached hydrogen (secondary N) is 1. The fourth-order valence-electron chi connectivity index (χ4n) is 2.43. The monoisotopic (exact) mass is 239 g/mol. The van der Waals surface area contributed by atoms with Crippen molar-refractivity contribution < 1.29 is 0 Å². The first-order valence-corrected chi connectivity index (χ1v) is 7.36. The first-order chi connectivity index (χ1) is 7.76. The Balaban J connectivity index is 2.15. The van der Waals surface area contributed by atoms with Gasteiger partial charge in [0.15, 0.2) is 0 Å². The third-order valence-corrected chi connectivity index (χ3v) is 4.16. The first-order valence-electron chi connectivity index (χ1n) is 5.96. The lowest BCUT2D eigenvalue weighted by molar-refractivity contribution is 0.318. The lowest BCUT2D eigenvalue weighted by Gasteiger charge is -2.34. The van der Waals surface area contributed by atoms with Crippen LogP contribution in [-0.2, 0) is 12.0 Å². The van der Waals surface area contributed by atoms with E-state index in [0.717, 1.165) is 25.4 Å². The van der Waals surface area contributed by atoms with Crippen molar-refractivity contribution in [3.8, 4) is 0 Å². The smallest absolute Gasteiger partial charge is 0.0948 e. The van der Waals surface area contributed by atoms with E-state index in [9.17, 15) is 0 Å². The van der Waals surface area contributed by atoms with Crippen LogP contribution in [-0.4, -0.2) is 34.6 Å². The third kappa shape index (κ3) is 2.43. The van der Waals surface area contributed by atoms with Gasteiger partial charge in [0.1, 0.15) is 0 Å². The maximum absolute atomic E-state index is 4.33. The highest BCUT2D eigenvalue weighted by atomic mass is 32.2. The van der Waals surface area contributed by atoms with Crippen LogP contribution < -0.4 is 5.32 Å². The van der Waals surface area contributed by atoms with E-state index in [0.29, 0.717) is 5.41 Å². The Morgan fingerprint density at radius 1 is 1.50 bits per heavy atom. The van der Waals surface area contributed by atoms with Crippen LogP contribution in [0.15, 0.2) is 12.5 Å². The van der Waals surface area contributed by atoms with Crippen molar-refractivity contribution in [1.29, 1.82) is 0 Å². The van der Waals surface area contributed by atoms with Gasteiger partial charge in [0, 0.05) is 29.6 Å². The lowest BCUT2D eigenvalue weighted by Crippen LogP contribution is -2.39. The molecule has 3 nitrogen and oxygen atoms in total. The maximum atomic E-state index is 4.33. The minimum Gasteiger partial charge on any atom is -0.333 e. The Hall–Kier alpha value is -0.480. The molecule has 0 atom stereocenters. The summed E-state index contributed by atoms with van der Waals surface area (Å²) >= 11 is 1.89. The molecule has 16 heavy (non-hydrogen) atoms. The number of thioether (sulfide) groups is 1. The summed E-state index contributed by atoms with van der Waals surface area (Å²) in [5.41, 5.74) is 1.74. The molecule has 0 unspecified atom stereocenters. The van der Waals surface area contributed by atoms with E-state index in [2.05, 4.69) is 34.2 Å². The molecule has 0 aromatic carbocycles. The molecule has 1 saturated heterocycles. The molecule has 1 aromatic rings. The molecule has 2 heterocycles. The van der Waals surface area contributed by atoms with Crippen LogP contribution in [0.25, 0.3) is 0 Å². The largest absolute Gasteiger partial charge is 0.333 e. The lowest BCUT2D eigenvalue weighted by atomic mass is 9.78. The molecular weight excluding hydrogens is 218 g/mol. The van der Waals surface area contributed by atoms with Gasteiger partial charge in [0.25, 0.3) is 0 Å². The summed E-state index contributed by atoms with van der Waals surface area (Å²) in [4.78, 5) is 4.33. The number of hydrogen-bond donors (Lipinski definition) is 1. The molecule has 0 aliphatic carbocycles. The van der Waals surface area contributed by atoms with Crippen molar-refractivity contribution >= 4 is 11.8 Å². The van der Waals surface area contributed by atoms with Gasteiger partial charge in [-0.05, 0) is 32.2 Å². The highest BCUT2D eigenvalue weighted by Gasteiger charge is 2.31. The van der Waals surface area contributed by atoms with Gasteiger partial charge < -0.3 is 9.88 Å². The normalized spacial score (nSPS) is 19.9. The second-order valence-corrected chi connectivity index (χ2v) is 5.76. The third-order valence-electron chi connectivity index (χ3n) is 3.57. The van der Waals surface area contributed by atoms with Crippen LogP contribution in [0, 0.1) is 0 Å². The fourth-order valence-corrected chi connectivity index (χ4v) is 2.81. The highest BCUT2D eigenvalue weighted by Crippen LogP contribution is 2.32. The number of aryl methyl sites for hydroxylation is 1. The van der Waals surface area contributed by atoms with Crippen LogP contribution in [0.4, 0.5) is 0 Å². The average Bonchev–Trinajstić information content (AvgIpc) is 2.76. The molecule has 0 saturated carbocycles. The first kappa shape index (κ1) is 12.0. The van der Waals surface area contributed by atoms with E-state index in [4.69, 9.17) is 0 Å². The van der Waals surface area contributed by atoms with Crippen molar-refractivity contribution in [1.82, 2.24) is 14.9 Å². The molecule has 4 heteroatoms. The molecule has 2 rings (SSSR count). The van der Waals surface area contributed by atoms with Gasteiger partial charge >= 0.3 is 0 Å². The van der Waals surface area contributed by atoms with Crippen LogP contribution >= 0.6 is 11.8 Å². The molecule has 0 radical (unpaired) electrons. The Kier molecular flexibility index (Phi) is 3.92. The van der Waals surface area contributed by atoms with Gasteiger partial charge in [0.05, 0.1) is 6.33 Å². The van der Waals surface area contributed by atoms with Crippen LogP contribution in [0.2, 0.25) is 0 Å². The maximum Gasteiger partial charge on any atom is 0.0948 e. The Morgan fingerprint density at radius 3 is 2.94 bits per heavy atom. The zero-order chi connectivity index (χ0) is 11.4. The molecule has 0 bridgehead atoms. The zero-order valence-electron chi connectivity index (χ0n) is 10.2. The number of rotatable bonds is 4. The predicted octanol–water partition coefficient (Wildman–Crippen LogP) is 1.89. The average molecular weight is 239 g/mol. The second kappa shape index (κ2) is 5.23. The SMILES string of the molecule is CSCCn1cncc1C1(C)CCNCC1. The minimum atomic E-state index is 0.320. The summed E-state index contributed by atoms with van der Waals surface area (Å²) in [7, 11) is 0. The van der Waals surface area contributed by atoms with E-state index in [1.165, 1.54) is 18.5 Å². The van der Waals surface area contributed by atoms with Crippen LogP contribution in [0.5, 0.6) is 0 Å². The molecule has 1 fully saturated rings. The fraction of sp³-hybridized carbons (Fsp3) is 0.750. The molecule has 1 N–H and O–H groups in total. The van der Waals surface area contributed by atoms with Crippen molar-refractivity contribution in [2.45, 2.75) is 31.7 Å². The van der Waals surface area contributed by atoms with Crippen LogP contribution in [0.1, 0.15) is 25.5 Å². The van der Waals surface area contributed by atoms with Gasteiger partial charge in [0.2, 0.25) is 0 Å². The van der Waals surface area contributed by atoms with E-state index >= 15 is 0 Å². The number of piperidine rings is 1. The van der Waals surface area contributed by atoms with Crippen molar-refractivity contribution in [2.24, 2.45) is 0 Å². The van der Waals surface area contributed by atoms with E-state index < -0.39 is 0 Å². The van der Waals surface area contributed by atoms with Gasteiger partial charge in [-0.2, -0.15) is 11.8 Å². The second-order valence-electron chi connectivity index (χ2n) is 4.78. The van der Waals surface area contributed by atoms with Crippen LogP contribution in [0.3, 0.4) is 0 Å². The Morgan fingerprint density at radius 2 is 2.25 bits per heavy atom. The molecular formula is C12H21N3S. The van der Waals surface area contributed by atoms with E-state index in [1.54, 1.807) is 0 Å². The zero-order valence-corrected chi connectivity index (χ0v) is 11.0. The number of imidazole rings is 1. The number of hydrogen-bond acceptors (Lipinski definition) is 3. The highest BCUT2D eigenvalue weighted by molar-refractivity contribution is 7.98. The Bertz CT molecular complexity index is 329. The summed E-state index contributed by atoms with van der Waals surface area (Å²) in [6.45, 7) is 5.72. The summed E-state index contributed by atoms with van der Waals surface area (Å²) in [5, 5.41) is 3.43. The molecule has 1 aliphatic rings. The summed E-state index contributed by atoms with van der Waals surface area (Å²) in [6, 6.07) is 0. The summed E-state index contributed by atoms with van der Waals surface area (Å²) in [6.07, 6.45) is 8.64. The number of aromatic nitrogens is 2. The quantitative estimate of drug-likeness (QED) is 0.870. The predicted molar refractivity (Wildman–Crippen MR) is 70.1 cm³/mol. The molecule has 90 valence electrons. The molecule has 1 aliphatic heterocycles. The minimum absolute atomic E-state index is 0.320. The van der Waals surface area contributed by atoms with Gasteiger partial charge in [-0.15, -0.1) is 0 Å². The standard InChI is InChI=1S/C12H21N3S/c1-12(3-5-13-6-4-12)11-9-14-10-15(11)7-8-16-2/h9-10,13H,3-8H2,1-2H3. The number of nitrogens with zero attached hydrogens (tertiary/aromatic N) is 2. The molecule has 0 amide bonds. The molecule has 1 aromatic heterocycles. The van der Waals surface area contributed by atoms with E-state index in [1.807, 2.05) is 18.1 Å². The van der Waals surface area contributed by atoms with Gasteiger partial charge in [-0.25, -0.2) is 4.98 Å². The summed E-state index contributed by atoms with van der Waals surface area (Å²) in [5.74, 6) is 1.16. The Labute approximate surface area is 102 Å². The topological polar surface area (TPSA) is 29.9 Å². The van der Waals surface area contributed by atoms with Crippen molar-refractivity contribution in [3.63, 3.8) is 0 Å². The molecule has 0 spiro atoms. The summed E-state index contributed by atoms with van der Waals surface area (Å²) < 4.78 is 2.34. The van der Waals surface area contributed by atoms with Gasteiger partial charge in [-0.3, -0.25) is 0 Å².